The summed E-state index contributed by atoms with van der Waals surface area (Å²) in [5.74, 6) is 2.09. The second kappa shape index (κ2) is 30.8. The lowest BCUT2D eigenvalue weighted by Gasteiger charge is -2.39. The summed E-state index contributed by atoms with van der Waals surface area (Å²) >= 11 is 0. The van der Waals surface area contributed by atoms with Gasteiger partial charge < -0.3 is 61.6 Å². The summed E-state index contributed by atoms with van der Waals surface area (Å²) in [7, 11) is 6.59. The largest absolute Gasteiger partial charge is 0.497 e. The molecular formula is C92H90O17. The minimum atomic E-state index is -1.03. The highest BCUT2D eigenvalue weighted by Gasteiger charge is 2.50. The van der Waals surface area contributed by atoms with E-state index in [0.717, 1.165) is 122 Å². The minimum absolute atomic E-state index is 0.0489. The molecule has 17 nitrogen and oxygen atoms in total. The van der Waals surface area contributed by atoms with E-state index in [9.17, 15) is 19.2 Å². The number of hydrogen-bond acceptors (Lipinski definition) is 17. The molecule has 0 saturated carbocycles. The summed E-state index contributed by atoms with van der Waals surface area (Å²) in [4.78, 5) is 52.6. The van der Waals surface area contributed by atoms with Gasteiger partial charge in [0.15, 0.2) is 11.2 Å². The van der Waals surface area contributed by atoms with Crippen molar-refractivity contribution in [2.75, 3.05) is 68.1 Å². The molecular weight excluding hydrogens is 1380 g/mol. The average molecular weight is 1470 g/mol. The van der Waals surface area contributed by atoms with Crippen LogP contribution in [-0.4, -0.2) is 103 Å². The van der Waals surface area contributed by atoms with Crippen LogP contribution in [0.25, 0.3) is 56.0 Å². The maximum Gasteiger partial charge on any atom is 0.306 e. The predicted octanol–water partition coefficient (Wildman–Crippen LogP) is 18.0. The highest BCUT2D eigenvalue weighted by atomic mass is 16.6. The van der Waals surface area contributed by atoms with Gasteiger partial charge in [0.2, 0.25) is 0 Å². The van der Waals surface area contributed by atoms with Gasteiger partial charge in [0.05, 0.1) is 86.2 Å². The van der Waals surface area contributed by atoms with Gasteiger partial charge in [0, 0.05) is 68.1 Å². The lowest BCUT2D eigenvalue weighted by atomic mass is 9.80. The average Bonchev–Trinajstić information content (AvgIpc) is 1.63. The van der Waals surface area contributed by atoms with E-state index < -0.39 is 57.5 Å². The number of carbonyl (C=O) groups is 4. The summed E-state index contributed by atoms with van der Waals surface area (Å²) in [5.41, 5.74) is 7.67. The van der Waals surface area contributed by atoms with E-state index >= 15 is 0 Å². The Bertz CT molecular complexity index is 5040. The van der Waals surface area contributed by atoms with Crippen molar-refractivity contribution in [2.24, 2.45) is 0 Å². The van der Waals surface area contributed by atoms with Crippen LogP contribution in [-0.2, 0) is 74.7 Å². The summed E-state index contributed by atoms with van der Waals surface area (Å²) in [6.45, 7) is 11.7. The molecule has 0 fully saturated rings. The summed E-state index contributed by atoms with van der Waals surface area (Å²) in [6.07, 6.45) is 8.46. The molecule has 4 aliphatic rings. The molecule has 2 aliphatic carbocycles. The molecule has 0 bridgehead atoms. The maximum absolute atomic E-state index is 13.3. The van der Waals surface area contributed by atoms with Crippen LogP contribution in [0.5, 0.6) is 34.5 Å². The fourth-order valence-electron chi connectivity index (χ4n) is 15.7. The molecule has 0 N–H and O–H groups in total. The molecule has 2 aliphatic heterocycles. The van der Waals surface area contributed by atoms with Crippen LogP contribution in [0.2, 0.25) is 0 Å². The van der Waals surface area contributed by atoms with Crippen LogP contribution in [0.4, 0.5) is 0 Å². The van der Waals surface area contributed by atoms with E-state index in [4.69, 9.17) is 61.6 Å². The van der Waals surface area contributed by atoms with Crippen molar-refractivity contribution in [2.45, 2.75) is 114 Å². The van der Waals surface area contributed by atoms with Gasteiger partial charge in [-0.25, -0.2) is 0 Å². The van der Waals surface area contributed by atoms with Gasteiger partial charge in [-0.2, -0.15) is 0 Å². The standard InChI is InChI=1S/C92H90O17/c1-87(2,51-53-101-77(93)43-44-78(94)102-55-57-105-89(5)75-25-17-15-23-71(75)81-67-19-11-13-21-69(67)85-73(83(81)89)47-49-91(108-85,59-27-35-63(97-7)36-28-59)60-29-37-64(98-8)38-30-60)104-54-52-88(3,4)107-80(96)46-45-79(95)103-56-58-106-90(6)76-26-18-16-24-72(76)82-68-20-12-14-22-70(68)86-74(84(82)90)48-50-92(109-86,61-31-39-65(99-9)40-32-61)62-33-41-66(100-10)42-34-62/h11-42,47-50H,43-46,51-58H2,1-10H3. The zero-order chi connectivity index (χ0) is 76.3. The zero-order valence-electron chi connectivity index (χ0n) is 63.2. The lowest BCUT2D eigenvalue weighted by Crippen LogP contribution is -2.35. The second-order valence-corrected chi connectivity index (χ2v) is 29.2. The van der Waals surface area contributed by atoms with E-state index in [1.807, 2.05) is 159 Å². The molecule has 14 rings (SSSR count). The molecule has 0 radical (unpaired) electrons. The number of esters is 4. The SMILES string of the molecule is COc1ccc(C2(c3ccc(OC)cc3)C=Cc3c4c(c5ccccc5c3O2)-c2ccccc2C4(C)OCCOC(=O)CCC(=O)OCCC(C)(C)OCCC(C)(C)OC(=O)CCC(=O)OCCOC2(C)c3ccccc3-c3c2c2c(c4ccccc34)OC(c3ccc(OC)cc3)(c3ccc(OC)cc3)C=C2)cc1. The Morgan fingerprint density at radius 3 is 1.07 bits per heavy atom. The van der Waals surface area contributed by atoms with Gasteiger partial charge in [-0.15, -0.1) is 0 Å². The molecule has 10 aromatic rings. The van der Waals surface area contributed by atoms with Gasteiger partial charge in [0.25, 0.3) is 0 Å². The molecule has 0 aromatic heterocycles. The Kier molecular flexibility index (Phi) is 21.1. The van der Waals surface area contributed by atoms with Crippen molar-refractivity contribution >= 4 is 57.6 Å². The topological polar surface area (TPSA) is 188 Å². The van der Waals surface area contributed by atoms with Crippen LogP contribution in [0.1, 0.15) is 136 Å². The van der Waals surface area contributed by atoms with Gasteiger partial charge in [0.1, 0.15) is 64.5 Å². The third kappa shape index (κ3) is 14.5. The molecule has 2 heterocycles. The van der Waals surface area contributed by atoms with E-state index in [0.29, 0.717) is 24.3 Å². The van der Waals surface area contributed by atoms with Crippen molar-refractivity contribution in [1.82, 2.24) is 0 Å². The second-order valence-electron chi connectivity index (χ2n) is 29.2. The first-order valence-corrected chi connectivity index (χ1v) is 37.0. The van der Waals surface area contributed by atoms with Crippen LogP contribution in [0, 0.1) is 0 Å². The summed E-state index contributed by atoms with van der Waals surface area (Å²) < 4.78 is 80.0. The first kappa shape index (κ1) is 74.6. The Hall–Kier alpha value is -11.2. The van der Waals surface area contributed by atoms with Crippen LogP contribution < -0.4 is 28.4 Å². The van der Waals surface area contributed by atoms with Crippen LogP contribution in [0.15, 0.2) is 206 Å². The maximum atomic E-state index is 13.3. The molecule has 0 spiro atoms. The molecule has 560 valence electrons. The summed E-state index contributed by atoms with van der Waals surface area (Å²) in [5, 5.41) is 3.91. The fourth-order valence-corrected chi connectivity index (χ4v) is 15.7. The number of carbonyl (C=O) groups excluding carboxylic acids is 4. The zero-order valence-corrected chi connectivity index (χ0v) is 63.2. The van der Waals surface area contributed by atoms with E-state index in [-0.39, 0.29) is 65.3 Å². The lowest BCUT2D eigenvalue weighted by molar-refractivity contribution is -0.162. The molecule has 10 aromatic carbocycles. The molecule has 0 saturated heterocycles. The molecule has 2 atom stereocenters. The third-order valence-corrected chi connectivity index (χ3v) is 21.5. The van der Waals surface area contributed by atoms with E-state index in [2.05, 4.69) is 86.7 Å². The minimum Gasteiger partial charge on any atom is -0.497 e. The number of rotatable bonds is 30. The normalized spacial score (nSPS) is 16.6. The van der Waals surface area contributed by atoms with Gasteiger partial charge in [-0.3, -0.25) is 19.2 Å². The van der Waals surface area contributed by atoms with Crippen molar-refractivity contribution in [1.29, 1.82) is 0 Å². The Labute approximate surface area is 635 Å². The van der Waals surface area contributed by atoms with Crippen molar-refractivity contribution in [3.8, 4) is 56.8 Å². The first-order chi connectivity index (χ1) is 52.6. The molecule has 17 heteroatoms. The van der Waals surface area contributed by atoms with Crippen molar-refractivity contribution in [3.05, 3.63) is 262 Å². The quantitative estimate of drug-likeness (QED) is 0.0235. The van der Waals surface area contributed by atoms with Crippen molar-refractivity contribution in [3.63, 3.8) is 0 Å². The monoisotopic (exact) mass is 1470 g/mol. The molecule has 2 unspecified atom stereocenters. The number of ether oxygens (including phenoxy) is 13. The van der Waals surface area contributed by atoms with Crippen molar-refractivity contribution < 1.29 is 80.8 Å². The first-order valence-electron chi connectivity index (χ1n) is 37.0. The molecule has 0 amide bonds. The smallest absolute Gasteiger partial charge is 0.306 e. The van der Waals surface area contributed by atoms with Gasteiger partial charge in [-0.1, -0.05) is 158 Å². The number of fused-ring (bicyclic) bond motifs is 16. The predicted molar refractivity (Wildman–Crippen MR) is 417 cm³/mol. The van der Waals surface area contributed by atoms with E-state index in [1.165, 1.54) is 0 Å². The van der Waals surface area contributed by atoms with E-state index in [1.54, 1.807) is 42.3 Å². The highest BCUT2D eigenvalue weighted by molar-refractivity contribution is 6.10. The van der Waals surface area contributed by atoms with Gasteiger partial charge >= 0.3 is 23.9 Å². The molecule has 109 heavy (non-hydrogen) atoms. The Balaban J connectivity index is 0.529. The van der Waals surface area contributed by atoms with Crippen LogP contribution in [0.3, 0.4) is 0 Å². The number of methoxy groups -OCH3 is 4. The fraction of sp³-hybridized carbons (Fsp3) is 0.304. The highest BCUT2D eigenvalue weighted by Crippen LogP contribution is 2.61. The van der Waals surface area contributed by atoms with Crippen LogP contribution >= 0.6 is 0 Å². The number of hydrogen-bond donors (Lipinski definition) is 0. The third-order valence-electron chi connectivity index (χ3n) is 21.5. The Morgan fingerprint density at radius 2 is 0.697 bits per heavy atom. The summed E-state index contributed by atoms with van der Waals surface area (Å²) in [6, 6.07) is 64.6. The van der Waals surface area contributed by atoms with Gasteiger partial charge in [-0.05, 0) is 146 Å². The number of benzene rings is 10. The Morgan fingerprint density at radius 1 is 0.367 bits per heavy atom.